The van der Waals surface area contributed by atoms with E-state index in [1.165, 1.54) is 16.5 Å². The van der Waals surface area contributed by atoms with Gasteiger partial charge in [0.1, 0.15) is 11.5 Å². The van der Waals surface area contributed by atoms with Crippen LogP contribution in [0, 0.1) is 5.82 Å². The van der Waals surface area contributed by atoms with Crippen molar-refractivity contribution >= 4 is 40.5 Å². The second-order valence-corrected chi connectivity index (χ2v) is 9.94. The van der Waals surface area contributed by atoms with Crippen LogP contribution in [0.1, 0.15) is 11.3 Å². The number of carbonyl (C=O) groups excluding carboxylic acids is 1. The molecular formula is C26H25Cl2FN7O4. The molecule has 5 heterocycles. The fourth-order valence-corrected chi connectivity index (χ4v) is 5.07. The highest BCUT2D eigenvalue weighted by molar-refractivity contribution is 6.30. The SMILES string of the molecule is CN1CCN(c2cc(N3CCOCC3)cn3c(=O)c(O)c(C4=[N+]C=C(Cc5ccc(F)c(Cl)c5)N4)nc23)C1=O.[Cl-]. The number of hydrogen-bond donors (Lipinski definition) is 2. The van der Waals surface area contributed by atoms with Gasteiger partial charge >= 0.3 is 17.4 Å². The van der Waals surface area contributed by atoms with Crippen LogP contribution in [0.15, 0.2) is 47.2 Å². The molecule has 3 aliphatic rings. The van der Waals surface area contributed by atoms with Gasteiger partial charge in [0.05, 0.1) is 29.6 Å². The summed E-state index contributed by atoms with van der Waals surface area (Å²) < 4.78 is 20.3. The van der Waals surface area contributed by atoms with Crippen molar-refractivity contribution in [2.45, 2.75) is 6.42 Å². The number of pyridine rings is 1. The molecule has 40 heavy (non-hydrogen) atoms. The standard InChI is InChI=1S/C26H25ClFN7O4.ClH/c1-32-4-5-34(26(32)38)20-12-17(33-6-8-39-9-7-33)14-35-24(20)31-21(22(36)25(35)37)23-29-13-16(30-23)10-15-2-3-19(28)18(27)11-15;/h2-3,11-14,30,36H,4-10H2,1H3;1H/q+1;/p-1. The van der Waals surface area contributed by atoms with E-state index < -0.39 is 17.1 Å². The van der Waals surface area contributed by atoms with E-state index in [2.05, 4.69) is 20.2 Å². The fraction of sp³-hybridized carbons (Fsp3) is 0.308. The van der Waals surface area contributed by atoms with Crippen molar-refractivity contribution in [2.75, 3.05) is 56.2 Å². The van der Waals surface area contributed by atoms with Gasteiger partial charge in [0.15, 0.2) is 11.8 Å². The maximum atomic E-state index is 13.5. The number of likely N-dealkylation sites (N-methyl/N-ethyl adjacent to an activating group) is 1. The van der Waals surface area contributed by atoms with Crippen LogP contribution in [0.3, 0.4) is 0 Å². The summed E-state index contributed by atoms with van der Waals surface area (Å²) in [4.78, 5) is 40.6. The van der Waals surface area contributed by atoms with Gasteiger partial charge in [0.25, 0.3) is 0 Å². The molecule has 0 atom stereocenters. The molecule has 0 saturated carbocycles. The smallest absolute Gasteiger partial charge is 0.351 e. The number of ether oxygens (including phenoxy) is 1. The second-order valence-electron chi connectivity index (χ2n) is 9.53. The van der Waals surface area contributed by atoms with Crippen LogP contribution >= 0.6 is 11.6 Å². The number of aliphatic imine (C=N–C) groups is 1. The van der Waals surface area contributed by atoms with E-state index in [1.54, 1.807) is 35.3 Å². The van der Waals surface area contributed by atoms with Crippen molar-refractivity contribution in [3.8, 4) is 5.75 Å². The Labute approximate surface area is 239 Å². The summed E-state index contributed by atoms with van der Waals surface area (Å²) in [6.07, 6.45) is 3.54. The van der Waals surface area contributed by atoms with E-state index in [4.69, 9.17) is 16.3 Å². The molecule has 0 spiro atoms. The number of hydrogen-bond acceptors (Lipinski definition) is 8. The molecule has 2 aromatic heterocycles. The summed E-state index contributed by atoms with van der Waals surface area (Å²) in [6, 6.07) is 6.06. The molecule has 0 bridgehead atoms. The number of benzene rings is 1. The van der Waals surface area contributed by atoms with Gasteiger partial charge in [0, 0.05) is 45.8 Å². The van der Waals surface area contributed by atoms with Crippen LogP contribution in [-0.2, 0) is 11.2 Å². The Morgan fingerprint density at radius 2 is 1.95 bits per heavy atom. The number of amides is 2. The third-order valence-electron chi connectivity index (χ3n) is 6.98. The van der Waals surface area contributed by atoms with Crippen molar-refractivity contribution in [2.24, 2.45) is 0 Å². The lowest BCUT2D eigenvalue weighted by Gasteiger charge is -2.30. The zero-order valence-corrected chi connectivity index (χ0v) is 22.9. The lowest BCUT2D eigenvalue weighted by molar-refractivity contribution is -0.0000132. The third kappa shape index (κ3) is 4.93. The number of urea groups is 1. The van der Waals surface area contributed by atoms with E-state index in [9.17, 15) is 19.1 Å². The van der Waals surface area contributed by atoms with Crippen molar-refractivity contribution in [3.05, 3.63) is 74.8 Å². The van der Waals surface area contributed by atoms with E-state index in [-0.39, 0.29) is 40.6 Å². The maximum absolute atomic E-state index is 13.5. The number of nitrogens with zero attached hydrogens (tertiary/aromatic N) is 6. The van der Waals surface area contributed by atoms with Gasteiger partial charge in [-0.2, -0.15) is 0 Å². The van der Waals surface area contributed by atoms with Crippen LogP contribution in [0.4, 0.5) is 20.6 Å². The quantitative estimate of drug-likeness (QED) is 0.379. The van der Waals surface area contributed by atoms with Gasteiger partial charge in [-0.15, -0.1) is 0 Å². The number of carbonyl (C=O) groups is 1. The summed E-state index contributed by atoms with van der Waals surface area (Å²) in [5.74, 6) is -0.900. The first-order valence-electron chi connectivity index (χ1n) is 12.4. The Morgan fingerprint density at radius 3 is 2.65 bits per heavy atom. The Balaban J connectivity index is 0.00000323. The number of nitrogens with one attached hydrogen (secondary N) is 1. The highest BCUT2D eigenvalue weighted by atomic mass is 35.5. The van der Waals surface area contributed by atoms with Crippen LogP contribution in [0.5, 0.6) is 5.75 Å². The predicted octanol–water partition coefficient (Wildman–Crippen LogP) is -1.33. The van der Waals surface area contributed by atoms with Crippen LogP contribution in [-0.4, -0.2) is 77.7 Å². The minimum Gasteiger partial charge on any atom is -1.00 e. The van der Waals surface area contributed by atoms with E-state index in [0.29, 0.717) is 57.2 Å². The number of aromatic hydroxyl groups is 1. The predicted molar refractivity (Wildman–Crippen MR) is 144 cm³/mol. The highest BCUT2D eigenvalue weighted by Gasteiger charge is 2.33. The summed E-state index contributed by atoms with van der Waals surface area (Å²) in [5.41, 5.74) is 2.07. The van der Waals surface area contributed by atoms with Gasteiger partial charge in [-0.3, -0.25) is 14.1 Å². The minimum atomic E-state index is -0.686. The molecule has 14 heteroatoms. The minimum absolute atomic E-state index is 0. The van der Waals surface area contributed by atoms with Crippen molar-refractivity contribution in [1.82, 2.24) is 24.6 Å². The highest BCUT2D eigenvalue weighted by Crippen LogP contribution is 2.30. The van der Waals surface area contributed by atoms with Crippen molar-refractivity contribution in [1.29, 1.82) is 0 Å². The Morgan fingerprint density at radius 1 is 1.18 bits per heavy atom. The number of morpholine rings is 1. The van der Waals surface area contributed by atoms with Gasteiger partial charge in [-0.25, -0.2) is 19.5 Å². The fourth-order valence-electron chi connectivity index (χ4n) is 4.87. The molecule has 3 aliphatic heterocycles. The number of halogens is 3. The van der Waals surface area contributed by atoms with Crippen LogP contribution in [0.25, 0.3) is 5.65 Å². The van der Waals surface area contributed by atoms with E-state index >= 15 is 0 Å². The lowest BCUT2D eigenvalue weighted by atomic mass is 10.1. The summed E-state index contributed by atoms with van der Waals surface area (Å²) in [6.45, 7) is 3.28. The van der Waals surface area contributed by atoms with Gasteiger partial charge < -0.3 is 32.1 Å². The molecule has 6 rings (SSSR count). The number of anilines is 2. The molecule has 1 aromatic carbocycles. The molecule has 2 fully saturated rings. The van der Waals surface area contributed by atoms with Gasteiger partial charge in [0.2, 0.25) is 11.4 Å². The molecule has 3 aromatic rings. The first-order valence-corrected chi connectivity index (χ1v) is 12.8. The van der Waals surface area contributed by atoms with Crippen molar-refractivity contribution in [3.63, 3.8) is 0 Å². The molecule has 0 unspecified atom stereocenters. The summed E-state index contributed by atoms with van der Waals surface area (Å²) in [5, 5.41) is 14.0. The van der Waals surface area contributed by atoms with Crippen LogP contribution < -0.4 is 38.1 Å². The van der Waals surface area contributed by atoms with Crippen molar-refractivity contribution < 1.29 is 31.4 Å². The summed E-state index contributed by atoms with van der Waals surface area (Å²) >= 11 is 5.90. The monoisotopic (exact) mass is 588 g/mol. The number of allylic oxidation sites excluding steroid dienone is 1. The average molecular weight is 589 g/mol. The third-order valence-corrected chi connectivity index (χ3v) is 7.27. The number of amidine groups is 1. The number of fused-ring (bicyclic) bond motifs is 1. The largest absolute Gasteiger partial charge is 1.00 e. The topological polar surface area (TPSA) is 117 Å². The van der Waals surface area contributed by atoms with E-state index in [1.807, 2.05) is 6.07 Å². The zero-order chi connectivity index (χ0) is 27.3. The molecule has 1 radical (unpaired) electrons. The molecule has 2 amide bonds. The molecule has 0 aliphatic carbocycles. The van der Waals surface area contributed by atoms with E-state index in [0.717, 1.165) is 11.3 Å². The molecule has 2 saturated heterocycles. The normalized spacial score (nSPS) is 17.2. The van der Waals surface area contributed by atoms with Crippen LogP contribution in [0.2, 0.25) is 5.02 Å². The second kappa shape index (κ2) is 11.0. The first-order chi connectivity index (χ1) is 18.8. The molecule has 2 N–H and O–H groups in total. The Bertz CT molecular complexity index is 1620. The Kier molecular flexibility index (Phi) is 7.58. The van der Waals surface area contributed by atoms with Gasteiger partial charge in [-0.05, 0) is 28.8 Å². The maximum Gasteiger partial charge on any atom is 0.351 e. The lowest BCUT2D eigenvalue weighted by Crippen LogP contribution is -3.00. The Hall–Kier alpha value is -3.87. The van der Waals surface area contributed by atoms with Gasteiger partial charge in [-0.1, -0.05) is 17.7 Å². The number of aromatic nitrogens is 2. The molecule has 209 valence electrons. The molecule has 11 nitrogen and oxygen atoms in total. The first kappa shape index (κ1) is 27.7. The average Bonchev–Trinajstić information content (AvgIpc) is 3.54. The summed E-state index contributed by atoms with van der Waals surface area (Å²) in [7, 11) is 1.71. The molecular weight excluding hydrogens is 564 g/mol. The zero-order valence-electron chi connectivity index (χ0n) is 21.4. The number of rotatable bonds is 5.